The molecule has 202 valence electrons. The van der Waals surface area contributed by atoms with Crippen LogP contribution in [0.4, 0.5) is 0 Å². The van der Waals surface area contributed by atoms with Crippen LogP contribution in [0.15, 0.2) is 49.1 Å². The molecule has 2 saturated heterocycles. The first-order valence-corrected chi connectivity index (χ1v) is 14.4. The summed E-state index contributed by atoms with van der Waals surface area (Å²) in [5.74, 6) is 2.46. The lowest BCUT2D eigenvalue weighted by molar-refractivity contribution is 0.0721. The average molecular weight is 516 g/mol. The van der Waals surface area contributed by atoms with Crippen LogP contribution in [0.2, 0.25) is 0 Å². The third-order valence-corrected chi connectivity index (χ3v) is 9.11. The molecule has 1 amide bonds. The Bertz CT molecular complexity index is 1110. The van der Waals surface area contributed by atoms with E-state index in [9.17, 15) is 4.79 Å². The SMILES string of the molecule is O=C(c1ccc(CN2CCC3(CCN(CC4CCCC4)CC3)C2)cc1)N(Cc1ncc[nH]1)Cc1ncc[nH]1. The number of nitrogens with one attached hydrogen (secondary N) is 2. The maximum atomic E-state index is 13.4. The van der Waals surface area contributed by atoms with Crippen molar-refractivity contribution in [3.8, 4) is 0 Å². The average Bonchev–Trinajstić information content (AvgIpc) is 3.76. The summed E-state index contributed by atoms with van der Waals surface area (Å²) in [4.78, 5) is 35.4. The van der Waals surface area contributed by atoms with Crippen molar-refractivity contribution in [3.63, 3.8) is 0 Å². The number of hydrogen-bond acceptors (Lipinski definition) is 5. The van der Waals surface area contributed by atoms with Gasteiger partial charge in [0.25, 0.3) is 5.91 Å². The van der Waals surface area contributed by atoms with Gasteiger partial charge >= 0.3 is 0 Å². The number of likely N-dealkylation sites (tertiary alicyclic amines) is 2. The molecule has 8 heteroatoms. The zero-order valence-corrected chi connectivity index (χ0v) is 22.4. The van der Waals surface area contributed by atoms with Crippen molar-refractivity contribution < 1.29 is 4.79 Å². The van der Waals surface area contributed by atoms with E-state index in [0.717, 1.165) is 24.1 Å². The number of carbonyl (C=O) groups is 1. The molecular weight excluding hydrogens is 474 g/mol. The molecule has 0 unspecified atom stereocenters. The van der Waals surface area contributed by atoms with Gasteiger partial charge in [0.15, 0.2) is 0 Å². The van der Waals surface area contributed by atoms with Gasteiger partial charge in [-0.05, 0) is 80.8 Å². The standard InChI is InChI=1S/C30H41N7O/c38-29(37(21-27-31-12-13-32-27)22-28-33-14-15-34-28)26-7-5-25(6-8-26)20-36-18-11-30(23-36)9-16-35(17-10-30)19-24-3-1-2-4-24/h5-8,12-15,24H,1-4,9-11,16-23H2,(H,31,32)(H,33,34). The Morgan fingerprint density at radius 3 is 2.08 bits per heavy atom. The summed E-state index contributed by atoms with van der Waals surface area (Å²) in [5.41, 5.74) is 2.49. The molecule has 6 rings (SSSR count). The van der Waals surface area contributed by atoms with Crippen LogP contribution in [0, 0.1) is 11.3 Å². The number of imidazole rings is 2. The molecule has 3 aromatic rings. The first-order chi connectivity index (χ1) is 18.6. The molecule has 3 fully saturated rings. The van der Waals surface area contributed by atoms with Crippen molar-refractivity contribution in [1.29, 1.82) is 0 Å². The van der Waals surface area contributed by atoms with Gasteiger partial charge in [-0.1, -0.05) is 25.0 Å². The Morgan fingerprint density at radius 1 is 0.895 bits per heavy atom. The van der Waals surface area contributed by atoms with Gasteiger partial charge < -0.3 is 19.8 Å². The van der Waals surface area contributed by atoms with Gasteiger partial charge in [-0.3, -0.25) is 9.69 Å². The lowest BCUT2D eigenvalue weighted by Gasteiger charge is -2.40. The zero-order chi connectivity index (χ0) is 25.8. The molecule has 3 aliphatic rings. The Balaban J connectivity index is 1.03. The molecule has 1 spiro atoms. The van der Waals surface area contributed by atoms with Crippen LogP contribution < -0.4 is 0 Å². The summed E-state index contributed by atoms with van der Waals surface area (Å²) in [5, 5.41) is 0. The summed E-state index contributed by atoms with van der Waals surface area (Å²) in [6.07, 6.45) is 16.8. The molecule has 8 nitrogen and oxygen atoms in total. The van der Waals surface area contributed by atoms with E-state index in [4.69, 9.17) is 0 Å². The minimum Gasteiger partial charge on any atom is -0.347 e. The van der Waals surface area contributed by atoms with Crippen molar-refractivity contribution in [2.45, 2.75) is 64.6 Å². The van der Waals surface area contributed by atoms with Gasteiger partial charge in [0.1, 0.15) is 11.6 Å². The largest absolute Gasteiger partial charge is 0.347 e. The number of aromatic amines is 2. The molecule has 38 heavy (non-hydrogen) atoms. The fourth-order valence-corrected chi connectivity index (χ4v) is 6.86. The van der Waals surface area contributed by atoms with E-state index in [1.165, 1.54) is 83.2 Å². The van der Waals surface area contributed by atoms with Gasteiger partial charge in [-0.15, -0.1) is 0 Å². The van der Waals surface area contributed by atoms with Crippen LogP contribution in [0.25, 0.3) is 0 Å². The van der Waals surface area contributed by atoms with Gasteiger partial charge in [0, 0.05) is 50.0 Å². The molecule has 1 saturated carbocycles. The van der Waals surface area contributed by atoms with E-state index in [2.05, 4.69) is 41.9 Å². The van der Waals surface area contributed by atoms with Gasteiger partial charge in [-0.2, -0.15) is 0 Å². The lowest BCUT2D eigenvalue weighted by atomic mass is 9.77. The second-order valence-electron chi connectivity index (χ2n) is 11.8. The highest BCUT2D eigenvalue weighted by Gasteiger charge is 2.40. The molecule has 4 heterocycles. The molecular formula is C30H41N7O. The number of carbonyl (C=O) groups excluding carboxylic acids is 1. The first kappa shape index (κ1) is 25.3. The number of H-pyrrole nitrogens is 2. The van der Waals surface area contributed by atoms with E-state index in [-0.39, 0.29) is 5.91 Å². The fourth-order valence-electron chi connectivity index (χ4n) is 6.86. The van der Waals surface area contributed by atoms with Crippen LogP contribution in [0.5, 0.6) is 0 Å². The Morgan fingerprint density at radius 2 is 1.50 bits per heavy atom. The highest BCUT2D eigenvalue weighted by atomic mass is 16.2. The third kappa shape index (κ3) is 6.02. The summed E-state index contributed by atoms with van der Waals surface area (Å²) < 4.78 is 0. The van der Waals surface area contributed by atoms with Crippen LogP contribution in [0.1, 0.15) is 72.5 Å². The fraction of sp³-hybridized carbons (Fsp3) is 0.567. The van der Waals surface area contributed by atoms with Crippen molar-refractivity contribution in [2.24, 2.45) is 11.3 Å². The highest BCUT2D eigenvalue weighted by Crippen LogP contribution is 2.41. The number of benzene rings is 1. The van der Waals surface area contributed by atoms with Crippen LogP contribution in [-0.2, 0) is 19.6 Å². The van der Waals surface area contributed by atoms with E-state index >= 15 is 0 Å². The van der Waals surface area contributed by atoms with E-state index in [1.54, 1.807) is 29.7 Å². The molecule has 0 bridgehead atoms. The maximum absolute atomic E-state index is 13.4. The van der Waals surface area contributed by atoms with Crippen molar-refractivity contribution in [3.05, 3.63) is 71.8 Å². The molecule has 2 aromatic heterocycles. The molecule has 0 radical (unpaired) electrons. The van der Waals surface area contributed by atoms with Gasteiger partial charge in [-0.25, -0.2) is 9.97 Å². The van der Waals surface area contributed by atoms with Crippen molar-refractivity contribution in [2.75, 3.05) is 32.7 Å². The number of hydrogen-bond donors (Lipinski definition) is 2. The van der Waals surface area contributed by atoms with E-state index < -0.39 is 0 Å². The molecule has 1 aromatic carbocycles. The minimum atomic E-state index is -0.0196. The van der Waals surface area contributed by atoms with Crippen LogP contribution in [0.3, 0.4) is 0 Å². The molecule has 2 aliphatic heterocycles. The minimum absolute atomic E-state index is 0.0196. The summed E-state index contributed by atoms with van der Waals surface area (Å²) in [6.45, 7) is 8.08. The van der Waals surface area contributed by atoms with Gasteiger partial charge in [0.05, 0.1) is 13.1 Å². The predicted octanol–water partition coefficient (Wildman–Crippen LogP) is 4.45. The second-order valence-corrected chi connectivity index (χ2v) is 11.8. The molecule has 1 aliphatic carbocycles. The first-order valence-electron chi connectivity index (χ1n) is 14.4. The molecule has 2 N–H and O–H groups in total. The van der Waals surface area contributed by atoms with Gasteiger partial charge in [0.2, 0.25) is 0 Å². The number of amides is 1. The smallest absolute Gasteiger partial charge is 0.254 e. The number of piperidine rings is 1. The lowest BCUT2D eigenvalue weighted by Crippen LogP contribution is -2.43. The third-order valence-electron chi connectivity index (χ3n) is 9.11. The normalized spacial score (nSPS) is 20.4. The number of rotatable bonds is 9. The Labute approximate surface area is 225 Å². The zero-order valence-electron chi connectivity index (χ0n) is 22.4. The predicted molar refractivity (Wildman–Crippen MR) is 147 cm³/mol. The topological polar surface area (TPSA) is 84.2 Å². The van der Waals surface area contributed by atoms with Crippen LogP contribution >= 0.6 is 0 Å². The Hall–Kier alpha value is -2.97. The van der Waals surface area contributed by atoms with E-state index in [0.29, 0.717) is 24.1 Å². The highest BCUT2D eigenvalue weighted by molar-refractivity contribution is 5.94. The number of nitrogens with zero attached hydrogens (tertiary/aromatic N) is 5. The maximum Gasteiger partial charge on any atom is 0.254 e. The quantitative estimate of drug-likeness (QED) is 0.440. The van der Waals surface area contributed by atoms with Crippen molar-refractivity contribution >= 4 is 5.91 Å². The second kappa shape index (κ2) is 11.4. The Kier molecular flexibility index (Phi) is 7.60. The molecule has 0 atom stereocenters. The van der Waals surface area contributed by atoms with E-state index in [1.807, 2.05) is 12.1 Å². The summed E-state index contributed by atoms with van der Waals surface area (Å²) in [7, 11) is 0. The monoisotopic (exact) mass is 515 g/mol. The van der Waals surface area contributed by atoms with Crippen LogP contribution in [-0.4, -0.2) is 73.3 Å². The number of aromatic nitrogens is 4. The summed E-state index contributed by atoms with van der Waals surface area (Å²) in [6, 6.07) is 8.20. The van der Waals surface area contributed by atoms with Crippen molar-refractivity contribution in [1.82, 2.24) is 34.6 Å². The summed E-state index contributed by atoms with van der Waals surface area (Å²) >= 11 is 0.